The second-order valence-electron chi connectivity index (χ2n) is 8.81. The molecule has 0 amide bonds. The fourth-order valence-electron chi connectivity index (χ4n) is 3.60. The minimum Gasteiger partial charge on any atom is -0.493 e. The molecule has 1 aromatic carbocycles. The van der Waals surface area contributed by atoms with Gasteiger partial charge in [-0.15, -0.1) is 0 Å². The lowest BCUT2D eigenvalue weighted by Gasteiger charge is -2.39. The molecule has 1 fully saturated rings. The van der Waals surface area contributed by atoms with Gasteiger partial charge in [0.1, 0.15) is 31.0 Å². The van der Waals surface area contributed by atoms with Gasteiger partial charge in [-0.1, -0.05) is 45.6 Å². The molecule has 1 unspecified atom stereocenters. The summed E-state index contributed by atoms with van der Waals surface area (Å²) < 4.78 is 21.7. The number of carbonyl (C=O) groups is 1. The molecule has 1 aliphatic rings. The monoisotopic (exact) mass is 470 g/mol. The molecule has 0 saturated carbocycles. The molecule has 188 valence electrons. The predicted molar refractivity (Wildman–Crippen MR) is 120 cm³/mol. The molecule has 1 aromatic rings. The van der Waals surface area contributed by atoms with Gasteiger partial charge in [0.2, 0.25) is 6.29 Å². The van der Waals surface area contributed by atoms with Gasteiger partial charge in [-0.2, -0.15) is 0 Å². The van der Waals surface area contributed by atoms with Crippen molar-refractivity contribution in [2.45, 2.75) is 89.7 Å². The molecule has 9 nitrogen and oxygen atoms in total. The summed E-state index contributed by atoms with van der Waals surface area (Å²) in [6.07, 6.45) is -1.21. The van der Waals surface area contributed by atoms with E-state index in [1.165, 1.54) is 20.0 Å². The number of ether oxygens (including phenoxy) is 4. The number of methoxy groups -OCH3 is 1. The van der Waals surface area contributed by atoms with E-state index in [4.69, 9.17) is 18.9 Å². The Morgan fingerprint density at radius 2 is 1.76 bits per heavy atom. The lowest BCUT2D eigenvalue weighted by Crippen LogP contribution is -2.60. The third kappa shape index (κ3) is 8.42. The Morgan fingerprint density at radius 1 is 1.03 bits per heavy atom. The van der Waals surface area contributed by atoms with Gasteiger partial charge in [0, 0.05) is 6.42 Å². The Labute approximate surface area is 195 Å². The largest absolute Gasteiger partial charge is 0.493 e. The summed E-state index contributed by atoms with van der Waals surface area (Å²) in [5, 5.41) is 39.2. The lowest BCUT2D eigenvalue weighted by atomic mass is 9.99. The van der Waals surface area contributed by atoms with Crippen molar-refractivity contribution in [3.63, 3.8) is 0 Å². The van der Waals surface area contributed by atoms with E-state index in [0.717, 1.165) is 19.3 Å². The van der Waals surface area contributed by atoms with Crippen LogP contribution in [0.25, 0.3) is 0 Å². The summed E-state index contributed by atoms with van der Waals surface area (Å²) >= 11 is 0. The Morgan fingerprint density at radius 3 is 2.42 bits per heavy atom. The van der Waals surface area contributed by atoms with E-state index in [0.29, 0.717) is 23.7 Å². The third-order valence-corrected chi connectivity index (χ3v) is 5.63. The smallest absolute Gasteiger partial charge is 0.306 e. The number of hydrogen-bond acceptors (Lipinski definition) is 9. The van der Waals surface area contributed by atoms with E-state index in [2.05, 4.69) is 13.8 Å². The molecule has 2 rings (SSSR count). The number of aliphatic hydroxyl groups is 4. The maximum atomic E-state index is 12.0. The summed E-state index contributed by atoms with van der Waals surface area (Å²) in [6, 6.07) is 4.89. The molecule has 1 heterocycles. The van der Waals surface area contributed by atoms with Crippen LogP contribution in [0.5, 0.6) is 11.5 Å². The Balaban J connectivity index is 1.84. The fraction of sp³-hybridized carbons (Fsp3) is 0.708. The minimum atomic E-state index is -1.54. The molecule has 4 N–H and O–H groups in total. The molecule has 0 aromatic heterocycles. The highest BCUT2D eigenvalue weighted by molar-refractivity contribution is 5.69. The molecule has 1 aliphatic heterocycles. The van der Waals surface area contributed by atoms with E-state index >= 15 is 0 Å². The molecule has 5 atom stereocenters. The van der Waals surface area contributed by atoms with Crippen LogP contribution in [0.15, 0.2) is 18.2 Å². The van der Waals surface area contributed by atoms with Crippen LogP contribution in [0.2, 0.25) is 0 Å². The molecule has 0 spiro atoms. The first kappa shape index (κ1) is 27.3. The molecular weight excluding hydrogens is 432 g/mol. The average Bonchev–Trinajstić information content (AvgIpc) is 2.80. The van der Waals surface area contributed by atoms with Crippen LogP contribution >= 0.6 is 0 Å². The van der Waals surface area contributed by atoms with E-state index < -0.39 is 37.3 Å². The van der Waals surface area contributed by atoms with Gasteiger partial charge in [-0.3, -0.25) is 4.79 Å². The van der Waals surface area contributed by atoms with Gasteiger partial charge >= 0.3 is 5.97 Å². The maximum absolute atomic E-state index is 12.0. The van der Waals surface area contributed by atoms with Crippen LogP contribution in [0.1, 0.15) is 57.9 Å². The Kier molecular flexibility index (Phi) is 11.4. The van der Waals surface area contributed by atoms with Crippen molar-refractivity contribution in [2.75, 3.05) is 13.7 Å². The van der Waals surface area contributed by atoms with Gasteiger partial charge in [-0.05, 0) is 30.0 Å². The third-order valence-electron chi connectivity index (χ3n) is 5.63. The van der Waals surface area contributed by atoms with Crippen molar-refractivity contribution in [3.05, 3.63) is 23.8 Å². The lowest BCUT2D eigenvalue weighted by molar-refractivity contribution is -0.277. The van der Waals surface area contributed by atoms with Crippen LogP contribution in [0.4, 0.5) is 0 Å². The zero-order chi connectivity index (χ0) is 24.4. The summed E-state index contributed by atoms with van der Waals surface area (Å²) in [5.74, 6) is 0.990. The summed E-state index contributed by atoms with van der Waals surface area (Å²) in [4.78, 5) is 12.0. The standard InChI is InChI=1S/C24H38O9/c1-15(2)8-6-4-5-7-9-20(26)31-14-16-10-11-17(18(12-16)30-3)32-24-23(29)22(28)21(27)19(13-25)33-24/h10-12,15,19,21-25,27-29H,4-9,13-14H2,1-3H3/t19-,21-,22+,23-,24?/m1/s1. The van der Waals surface area contributed by atoms with E-state index in [-0.39, 0.29) is 18.3 Å². The van der Waals surface area contributed by atoms with Crippen molar-refractivity contribution in [1.82, 2.24) is 0 Å². The molecule has 0 aliphatic carbocycles. The second-order valence-corrected chi connectivity index (χ2v) is 8.81. The van der Waals surface area contributed by atoms with Gasteiger partial charge in [0.15, 0.2) is 11.5 Å². The van der Waals surface area contributed by atoms with Gasteiger partial charge in [-0.25, -0.2) is 0 Å². The highest BCUT2D eigenvalue weighted by atomic mass is 16.7. The normalized spacial score (nSPS) is 25.2. The zero-order valence-electron chi connectivity index (χ0n) is 19.7. The van der Waals surface area contributed by atoms with Crippen molar-refractivity contribution in [2.24, 2.45) is 5.92 Å². The van der Waals surface area contributed by atoms with Crippen molar-refractivity contribution >= 4 is 5.97 Å². The summed E-state index contributed by atoms with van der Waals surface area (Å²) in [6.45, 7) is 3.95. The van der Waals surface area contributed by atoms with Crippen molar-refractivity contribution in [1.29, 1.82) is 0 Å². The van der Waals surface area contributed by atoms with Crippen LogP contribution < -0.4 is 9.47 Å². The van der Waals surface area contributed by atoms with Crippen LogP contribution in [0.3, 0.4) is 0 Å². The van der Waals surface area contributed by atoms with E-state index in [1.54, 1.807) is 18.2 Å². The summed E-state index contributed by atoms with van der Waals surface area (Å²) in [5.41, 5.74) is 0.693. The fourth-order valence-corrected chi connectivity index (χ4v) is 3.60. The number of benzene rings is 1. The quantitative estimate of drug-likeness (QED) is 0.252. The van der Waals surface area contributed by atoms with E-state index in [1.807, 2.05) is 0 Å². The zero-order valence-corrected chi connectivity index (χ0v) is 19.7. The van der Waals surface area contributed by atoms with Crippen molar-refractivity contribution < 1.29 is 44.2 Å². The minimum absolute atomic E-state index is 0.0862. The molecule has 0 radical (unpaired) electrons. The first-order chi connectivity index (χ1) is 15.8. The van der Waals surface area contributed by atoms with Crippen LogP contribution in [-0.4, -0.2) is 70.8 Å². The first-order valence-electron chi connectivity index (χ1n) is 11.6. The molecule has 0 bridgehead atoms. The number of esters is 1. The number of aliphatic hydroxyl groups excluding tert-OH is 4. The highest BCUT2D eigenvalue weighted by Gasteiger charge is 2.44. The topological polar surface area (TPSA) is 135 Å². The highest BCUT2D eigenvalue weighted by Crippen LogP contribution is 2.32. The van der Waals surface area contributed by atoms with Gasteiger partial charge in [0.25, 0.3) is 0 Å². The predicted octanol–water partition coefficient (Wildman–Crippen LogP) is 1.91. The number of carbonyl (C=O) groups excluding carboxylic acids is 1. The van der Waals surface area contributed by atoms with Crippen LogP contribution in [-0.2, 0) is 20.9 Å². The average molecular weight is 471 g/mol. The van der Waals surface area contributed by atoms with E-state index in [9.17, 15) is 25.2 Å². The maximum Gasteiger partial charge on any atom is 0.306 e. The first-order valence-corrected chi connectivity index (χ1v) is 11.6. The van der Waals surface area contributed by atoms with Gasteiger partial charge in [0.05, 0.1) is 13.7 Å². The number of unbranched alkanes of at least 4 members (excludes halogenated alkanes) is 3. The number of hydrogen-bond donors (Lipinski definition) is 4. The summed E-state index contributed by atoms with van der Waals surface area (Å²) in [7, 11) is 1.44. The van der Waals surface area contributed by atoms with Crippen LogP contribution in [0, 0.1) is 5.92 Å². The molecular formula is C24H38O9. The van der Waals surface area contributed by atoms with Gasteiger partial charge < -0.3 is 39.4 Å². The Hall–Kier alpha value is -1.91. The number of rotatable bonds is 13. The molecule has 1 saturated heterocycles. The van der Waals surface area contributed by atoms with Crippen molar-refractivity contribution in [3.8, 4) is 11.5 Å². The SMILES string of the molecule is COc1cc(COC(=O)CCCCCCC(C)C)ccc1OC1O[C@H](CO)[C@@H](O)[C@H](O)[C@H]1O. The molecule has 9 heteroatoms. The molecule has 33 heavy (non-hydrogen) atoms. The second kappa shape index (κ2) is 13.7. The Bertz CT molecular complexity index is 722.